The second-order valence-electron chi connectivity index (χ2n) is 11.1. The quantitative estimate of drug-likeness (QED) is 0.179. The van der Waals surface area contributed by atoms with E-state index in [1.165, 1.54) is 0 Å². The van der Waals surface area contributed by atoms with Gasteiger partial charge in [0, 0.05) is 10.8 Å². The lowest BCUT2D eigenvalue weighted by Crippen LogP contribution is -1.95. The minimum atomic E-state index is -0.617. The van der Waals surface area contributed by atoms with Gasteiger partial charge in [0.15, 0.2) is 0 Å². The van der Waals surface area contributed by atoms with Crippen LogP contribution in [0.3, 0.4) is 0 Å². The second kappa shape index (κ2) is 10.9. The Bertz CT molecular complexity index is 3170. The van der Waals surface area contributed by atoms with Crippen LogP contribution in [0, 0.1) is 0 Å². The van der Waals surface area contributed by atoms with Gasteiger partial charge in [-0.25, -0.2) is 0 Å². The van der Waals surface area contributed by atoms with Crippen molar-refractivity contribution in [3.63, 3.8) is 0 Å². The molecule has 0 saturated carbocycles. The first-order valence-corrected chi connectivity index (χ1v) is 14.8. The van der Waals surface area contributed by atoms with Gasteiger partial charge in [-0.1, -0.05) is 145 Å². The van der Waals surface area contributed by atoms with Gasteiger partial charge >= 0.3 is 0 Å². The first-order chi connectivity index (χ1) is 28.2. The molecule has 0 saturated heterocycles. The van der Waals surface area contributed by atoms with Gasteiger partial charge in [-0.05, 0) is 96.7 Å². The van der Waals surface area contributed by atoms with Crippen molar-refractivity contribution in [2.75, 3.05) is 0 Å². The number of benzene rings is 8. The molecule has 46 heavy (non-hydrogen) atoms. The third-order valence-corrected chi connectivity index (χ3v) is 8.45. The maximum Gasteiger partial charge on any atom is 0.136 e. The molecule has 0 aliphatic rings. The smallest absolute Gasteiger partial charge is 0.136 e. The van der Waals surface area contributed by atoms with Crippen molar-refractivity contribution in [1.82, 2.24) is 0 Å². The Morgan fingerprint density at radius 3 is 1.87 bits per heavy atom. The van der Waals surface area contributed by atoms with Crippen LogP contribution >= 0.6 is 0 Å². The SMILES string of the molecule is [2H]c1c([2H])c([2H])c(Cc2c3c([2H])c([2H])c([2H])c([2H])c3c(-c3cccc(-c4cccc5oc6cc(-c7ccccc7)ccc6c45)c3)c3c([2H])c([2H])c([2H])c([2H])c23)c([2H])c1[2H]. The van der Waals surface area contributed by atoms with Gasteiger partial charge in [0.05, 0.1) is 17.8 Å². The van der Waals surface area contributed by atoms with Crippen LogP contribution in [0.4, 0.5) is 0 Å². The predicted molar refractivity (Wildman–Crippen MR) is 194 cm³/mol. The van der Waals surface area contributed by atoms with Crippen molar-refractivity contribution >= 4 is 43.5 Å². The lowest BCUT2D eigenvalue weighted by atomic mass is 9.85. The number of hydrogen-bond donors (Lipinski definition) is 0. The first-order valence-electron chi connectivity index (χ1n) is 21.3. The Balaban J connectivity index is 1.37. The molecule has 9 rings (SSSR count). The molecule has 0 fully saturated rings. The van der Waals surface area contributed by atoms with Crippen LogP contribution in [0.15, 0.2) is 174 Å². The van der Waals surface area contributed by atoms with E-state index in [0.717, 1.165) is 27.5 Å². The van der Waals surface area contributed by atoms with Gasteiger partial charge in [-0.15, -0.1) is 0 Å². The molecule has 1 nitrogen and oxygen atoms in total. The molecule has 1 aromatic heterocycles. The summed E-state index contributed by atoms with van der Waals surface area (Å²) in [6, 6.07) is 21.7. The highest BCUT2D eigenvalue weighted by Gasteiger charge is 2.18. The molecule has 1 heteroatoms. The van der Waals surface area contributed by atoms with Crippen molar-refractivity contribution in [3.05, 3.63) is 181 Å². The second-order valence-corrected chi connectivity index (χ2v) is 11.1. The number of fused-ring (bicyclic) bond motifs is 5. The summed E-state index contributed by atoms with van der Waals surface area (Å²) < 4.78 is 120. The summed E-state index contributed by atoms with van der Waals surface area (Å²) in [4.78, 5) is 0. The summed E-state index contributed by atoms with van der Waals surface area (Å²) in [7, 11) is 0. The van der Waals surface area contributed by atoms with Gasteiger partial charge in [0.2, 0.25) is 0 Å². The summed E-state index contributed by atoms with van der Waals surface area (Å²) in [5.74, 6) is 0. The lowest BCUT2D eigenvalue weighted by molar-refractivity contribution is 0.669. The van der Waals surface area contributed by atoms with Crippen LogP contribution in [-0.2, 0) is 6.42 Å². The number of furan rings is 1. The molecule has 1 heterocycles. The largest absolute Gasteiger partial charge is 0.456 e. The fourth-order valence-corrected chi connectivity index (χ4v) is 6.43. The van der Waals surface area contributed by atoms with Gasteiger partial charge in [-0.3, -0.25) is 0 Å². The van der Waals surface area contributed by atoms with Gasteiger partial charge in [0.1, 0.15) is 11.2 Å². The maximum absolute atomic E-state index is 9.29. The summed E-state index contributed by atoms with van der Waals surface area (Å²) in [5.41, 5.74) is 5.19. The normalized spacial score (nSPS) is 15.5. The molecule has 0 N–H and O–H groups in total. The van der Waals surface area contributed by atoms with Gasteiger partial charge < -0.3 is 4.42 Å². The summed E-state index contributed by atoms with van der Waals surface area (Å²) in [6.07, 6.45) is -0.491. The first kappa shape index (κ1) is 16.4. The molecule has 0 amide bonds. The van der Waals surface area contributed by atoms with Crippen molar-refractivity contribution in [2.24, 2.45) is 0 Å². The Morgan fingerprint density at radius 2 is 1.11 bits per heavy atom. The highest BCUT2D eigenvalue weighted by molar-refractivity contribution is 6.16. The monoisotopic (exact) mass is 599 g/mol. The lowest BCUT2D eigenvalue weighted by Gasteiger charge is -2.18. The van der Waals surface area contributed by atoms with Crippen LogP contribution in [0.1, 0.15) is 28.9 Å². The standard InChI is InChI=1S/C45H30O/c1-3-13-30(14-4-1)27-41-36-19-7-9-21-38(36)44(39-22-10-8-20-37(39)41)34-18-11-17-33(28-34)35-23-12-24-42-45(35)40-26-25-32(29-43(40)46-42)31-15-5-2-6-16-31/h1-26,28-29H,27H2/i1D,3D,4D,7D,8D,9D,10D,13D,14D,19D,20D,21D,22D. The third kappa shape index (κ3) is 4.40. The molecule has 0 bridgehead atoms. The van der Waals surface area contributed by atoms with E-state index >= 15 is 0 Å². The van der Waals surface area contributed by atoms with Crippen LogP contribution in [0.5, 0.6) is 0 Å². The van der Waals surface area contributed by atoms with E-state index in [1.807, 2.05) is 78.9 Å². The molecule has 0 atom stereocenters. The number of rotatable bonds is 5. The van der Waals surface area contributed by atoms with E-state index in [9.17, 15) is 5.48 Å². The Morgan fingerprint density at radius 1 is 0.457 bits per heavy atom. The fraction of sp³-hybridized carbons (Fsp3) is 0.0222. The van der Waals surface area contributed by atoms with Crippen molar-refractivity contribution in [3.8, 4) is 33.4 Å². The van der Waals surface area contributed by atoms with Gasteiger partial charge in [-0.2, -0.15) is 0 Å². The summed E-state index contributed by atoms with van der Waals surface area (Å²) in [6.45, 7) is 0. The molecule has 0 unspecified atom stereocenters. The molecule has 0 spiro atoms. The highest BCUT2D eigenvalue weighted by atomic mass is 16.3. The summed E-state index contributed by atoms with van der Waals surface area (Å²) >= 11 is 0. The van der Waals surface area contributed by atoms with E-state index in [1.54, 1.807) is 12.1 Å². The highest BCUT2D eigenvalue weighted by Crippen LogP contribution is 2.43. The Kier molecular flexibility index (Phi) is 3.89. The zero-order chi connectivity index (χ0) is 41.8. The minimum Gasteiger partial charge on any atom is -0.456 e. The van der Waals surface area contributed by atoms with Crippen molar-refractivity contribution in [1.29, 1.82) is 0 Å². The number of hydrogen-bond acceptors (Lipinski definition) is 1. The minimum absolute atomic E-state index is 0.0167. The molecule has 0 aliphatic carbocycles. The van der Waals surface area contributed by atoms with E-state index in [-0.39, 0.29) is 38.2 Å². The Labute approximate surface area is 286 Å². The average Bonchev–Trinajstić information content (AvgIpc) is 3.64. The van der Waals surface area contributed by atoms with Crippen LogP contribution < -0.4 is 0 Å². The van der Waals surface area contributed by atoms with Crippen LogP contribution in [0.2, 0.25) is 0 Å². The van der Waals surface area contributed by atoms with Crippen molar-refractivity contribution in [2.45, 2.75) is 6.42 Å². The third-order valence-electron chi connectivity index (χ3n) is 8.45. The molecule has 8 aromatic carbocycles. The fourth-order valence-electron chi connectivity index (χ4n) is 6.43. The van der Waals surface area contributed by atoms with E-state index in [2.05, 4.69) is 0 Å². The molecule has 0 radical (unpaired) electrons. The summed E-state index contributed by atoms with van der Waals surface area (Å²) in [5, 5.41) is 1.47. The zero-order valence-electron chi connectivity index (χ0n) is 37.3. The van der Waals surface area contributed by atoms with E-state index in [0.29, 0.717) is 22.3 Å². The van der Waals surface area contributed by atoms with Gasteiger partial charge in [0.25, 0.3) is 0 Å². The maximum atomic E-state index is 9.29. The topological polar surface area (TPSA) is 13.1 Å². The molecule has 216 valence electrons. The Hall–Kier alpha value is -5.92. The van der Waals surface area contributed by atoms with E-state index < -0.39 is 85.0 Å². The average molecular weight is 600 g/mol. The molecule has 0 aliphatic heterocycles. The van der Waals surface area contributed by atoms with E-state index in [4.69, 9.17) is 16.8 Å². The van der Waals surface area contributed by atoms with Crippen LogP contribution in [-0.4, -0.2) is 0 Å². The molecular formula is C45H30O. The zero-order valence-corrected chi connectivity index (χ0v) is 24.3. The molecular weight excluding hydrogens is 556 g/mol. The van der Waals surface area contributed by atoms with Crippen molar-refractivity contribution < 1.29 is 22.2 Å². The predicted octanol–water partition coefficient (Wildman–Crippen LogP) is 12.5. The van der Waals surface area contributed by atoms with Crippen LogP contribution in [0.25, 0.3) is 76.9 Å². The molecule has 9 aromatic rings.